The van der Waals surface area contributed by atoms with Crippen molar-refractivity contribution >= 4 is 11.7 Å². The van der Waals surface area contributed by atoms with Crippen LogP contribution in [-0.2, 0) is 4.74 Å². The highest BCUT2D eigenvalue weighted by Crippen LogP contribution is 2.24. The minimum atomic E-state index is -1.36. The Morgan fingerprint density at radius 1 is 1.47 bits per heavy atom. The minimum absolute atomic E-state index is 0.0852. The molecule has 6 heteroatoms. The summed E-state index contributed by atoms with van der Waals surface area (Å²) in [6.45, 7) is 2.43. The van der Waals surface area contributed by atoms with Gasteiger partial charge in [0.25, 0.3) is 0 Å². The van der Waals surface area contributed by atoms with Gasteiger partial charge < -0.3 is 15.2 Å². The summed E-state index contributed by atoms with van der Waals surface area (Å²) in [5.74, 6) is -3.19. The van der Waals surface area contributed by atoms with Crippen LogP contribution in [0.1, 0.15) is 30.1 Å². The number of carbonyl (C=O) groups is 1. The zero-order valence-corrected chi connectivity index (χ0v) is 10.5. The van der Waals surface area contributed by atoms with E-state index in [4.69, 9.17) is 9.84 Å². The predicted octanol–water partition coefficient (Wildman–Crippen LogP) is 2.64. The number of carboxylic acid groups (broad SMARTS) is 1. The normalized spacial score (nSPS) is 20.3. The highest BCUT2D eigenvalue weighted by atomic mass is 19.1. The number of halogens is 2. The van der Waals surface area contributed by atoms with Gasteiger partial charge >= 0.3 is 5.97 Å². The number of benzene rings is 1. The van der Waals surface area contributed by atoms with Crippen LogP contribution < -0.4 is 5.32 Å². The summed E-state index contributed by atoms with van der Waals surface area (Å²) in [6, 6.07) is 1.36. The lowest BCUT2D eigenvalue weighted by Crippen LogP contribution is -2.30. The average Bonchev–Trinajstić information content (AvgIpc) is 2.86. The van der Waals surface area contributed by atoms with Gasteiger partial charge in [0.2, 0.25) is 0 Å². The van der Waals surface area contributed by atoms with Crippen molar-refractivity contribution in [1.29, 1.82) is 0 Å². The molecule has 2 rings (SSSR count). The fraction of sp³-hybridized carbons (Fsp3) is 0.462. The lowest BCUT2D eigenvalue weighted by atomic mass is 10.1. The topological polar surface area (TPSA) is 58.6 Å². The van der Waals surface area contributed by atoms with Gasteiger partial charge in [0.1, 0.15) is 17.3 Å². The summed E-state index contributed by atoms with van der Waals surface area (Å²) >= 11 is 0. The lowest BCUT2D eigenvalue weighted by molar-refractivity contribution is 0.0695. The van der Waals surface area contributed by atoms with E-state index in [9.17, 15) is 13.6 Å². The van der Waals surface area contributed by atoms with Gasteiger partial charge in [0, 0.05) is 12.6 Å². The Bertz CT molecular complexity index is 464. The molecule has 104 valence electrons. The van der Waals surface area contributed by atoms with Gasteiger partial charge in [0.05, 0.1) is 11.7 Å². The zero-order chi connectivity index (χ0) is 14.0. The summed E-state index contributed by atoms with van der Waals surface area (Å²) in [7, 11) is 0. The van der Waals surface area contributed by atoms with Crippen LogP contribution in [0.5, 0.6) is 0 Å². The fourth-order valence-corrected chi connectivity index (χ4v) is 2.15. The highest BCUT2D eigenvalue weighted by Gasteiger charge is 2.24. The molecule has 1 aromatic rings. The molecule has 1 aromatic carbocycles. The monoisotopic (exact) mass is 271 g/mol. The molecule has 19 heavy (non-hydrogen) atoms. The van der Waals surface area contributed by atoms with Gasteiger partial charge in [-0.25, -0.2) is 13.6 Å². The molecule has 0 saturated carbocycles. The van der Waals surface area contributed by atoms with Crippen LogP contribution >= 0.6 is 0 Å². The number of carboxylic acids is 1. The molecule has 0 radical (unpaired) electrons. The molecule has 2 unspecified atom stereocenters. The molecule has 2 N–H and O–H groups in total. The number of hydrogen-bond donors (Lipinski definition) is 2. The van der Waals surface area contributed by atoms with Gasteiger partial charge in [-0.05, 0) is 31.9 Å². The third kappa shape index (κ3) is 3.01. The molecule has 0 aromatic heterocycles. The van der Waals surface area contributed by atoms with Crippen LogP contribution in [0.25, 0.3) is 0 Å². The first-order valence-corrected chi connectivity index (χ1v) is 6.09. The Labute approximate surface area is 109 Å². The van der Waals surface area contributed by atoms with Gasteiger partial charge in [-0.2, -0.15) is 0 Å². The summed E-state index contributed by atoms with van der Waals surface area (Å²) < 4.78 is 32.9. The largest absolute Gasteiger partial charge is 0.478 e. The van der Waals surface area contributed by atoms with Crippen molar-refractivity contribution in [2.45, 2.75) is 31.9 Å². The Balaban J connectivity index is 2.18. The zero-order valence-electron chi connectivity index (χ0n) is 10.5. The second kappa shape index (κ2) is 5.52. The Morgan fingerprint density at radius 2 is 2.11 bits per heavy atom. The van der Waals surface area contributed by atoms with Crippen molar-refractivity contribution in [2.24, 2.45) is 0 Å². The van der Waals surface area contributed by atoms with Crippen molar-refractivity contribution in [3.05, 3.63) is 29.3 Å². The number of rotatable bonds is 4. The van der Waals surface area contributed by atoms with E-state index in [1.807, 2.05) is 0 Å². The predicted molar refractivity (Wildman–Crippen MR) is 65.4 cm³/mol. The van der Waals surface area contributed by atoms with Crippen LogP contribution in [-0.4, -0.2) is 29.8 Å². The molecule has 4 nitrogen and oxygen atoms in total. The van der Waals surface area contributed by atoms with Crippen LogP contribution in [0.4, 0.5) is 14.5 Å². The molecule has 1 aliphatic rings. The van der Waals surface area contributed by atoms with Crippen molar-refractivity contribution in [3.8, 4) is 0 Å². The van der Waals surface area contributed by atoms with E-state index in [0.717, 1.165) is 25.0 Å². The highest BCUT2D eigenvalue weighted by molar-refractivity contribution is 5.88. The maximum absolute atomic E-state index is 13.7. The van der Waals surface area contributed by atoms with Gasteiger partial charge in [-0.15, -0.1) is 0 Å². The maximum atomic E-state index is 13.7. The summed E-state index contributed by atoms with van der Waals surface area (Å²) in [5.41, 5.74) is -0.724. The summed E-state index contributed by atoms with van der Waals surface area (Å²) in [4.78, 5) is 10.7. The van der Waals surface area contributed by atoms with Crippen molar-refractivity contribution < 1.29 is 23.4 Å². The summed E-state index contributed by atoms with van der Waals surface area (Å²) in [6.07, 6.45) is 1.68. The third-order valence-electron chi connectivity index (χ3n) is 3.18. The fourth-order valence-electron chi connectivity index (χ4n) is 2.15. The molecule has 1 saturated heterocycles. The van der Waals surface area contributed by atoms with E-state index in [0.29, 0.717) is 6.61 Å². The first-order chi connectivity index (χ1) is 8.99. The van der Waals surface area contributed by atoms with Crippen molar-refractivity contribution in [1.82, 2.24) is 0 Å². The number of anilines is 1. The lowest BCUT2D eigenvalue weighted by Gasteiger charge is -2.21. The number of aromatic carboxylic acids is 1. The number of nitrogens with one attached hydrogen (secondary N) is 1. The number of hydrogen-bond acceptors (Lipinski definition) is 3. The summed E-state index contributed by atoms with van der Waals surface area (Å²) in [5, 5.41) is 11.4. The molecule has 0 amide bonds. The molecule has 0 aliphatic carbocycles. The van der Waals surface area contributed by atoms with E-state index in [2.05, 4.69) is 5.32 Å². The van der Waals surface area contributed by atoms with Crippen molar-refractivity contribution in [3.63, 3.8) is 0 Å². The molecule has 0 spiro atoms. The molecular weight excluding hydrogens is 256 g/mol. The molecule has 0 bridgehead atoms. The quantitative estimate of drug-likeness (QED) is 0.883. The maximum Gasteiger partial charge on any atom is 0.335 e. The van der Waals surface area contributed by atoms with E-state index in [-0.39, 0.29) is 17.8 Å². The van der Waals surface area contributed by atoms with Gasteiger partial charge in [-0.3, -0.25) is 0 Å². The van der Waals surface area contributed by atoms with Gasteiger partial charge in [-0.1, -0.05) is 0 Å². The van der Waals surface area contributed by atoms with Gasteiger partial charge in [0.15, 0.2) is 0 Å². The number of ether oxygens (including phenoxy) is 1. The molecule has 1 aliphatic heterocycles. The Hall–Kier alpha value is -1.69. The van der Waals surface area contributed by atoms with Crippen LogP contribution in [0.15, 0.2) is 12.1 Å². The standard InChI is InChI=1S/C13H15F2NO3/c1-7(11-3-2-4-19-11)16-12-9(14)5-8(13(17)18)6-10(12)15/h5-7,11,16H,2-4H2,1H3,(H,17,18). The van der Waals surface area contributed by atoms with Crippen LogP contribution in [0, 0.1) is 11.6 Å². The minimum Gasteiger partial charge on any atom is -0.478 e. The Kier molecular flexibility index (Phi) is 3.99. The molecule has 2 atom stereocenters. The van der Waals surface area contributed by atoms with E-state index >= 15 is 0 Å². The second-order valence-corrected chi connectivity index (χ2v) is 4.60. The third-order valence-corrected chi connectivity index (χ3v) is 3.18. The first-order valence-electron chi connectivity index (χ1n) is 6.09. The smallest absolute Gasteiger partial charge is 0.335 e. The average molecular weight is 271 g/mol. The first kappa shape index (κ1) is 13.7. The SMILES string of the molecule is CC(Nc1c(F)cc(C(=O)O)cc1F)C1CCCO1. The molecule has 1 heterocycles. The molecular formula is C13H15F2NO3. The van der Waals surface area contributed by atoms with E-state index < -0.39 is 23.2 Å². The second-order valence-electron chi connectivity index (χ2n) is 4.60. The van der Waals surface area contributed by atoms with Crippen molar-refractivity contribution in [2.75, 3.05) is 11.9 Å². The van der Waals surface area contributed by atoms with E-state index in [1.54, 1.807) is 6.92 Å². The van der Waals surface area contributed by atoms with Crippen LogP contribution in [0.2, 0.25) is 0 Å². The Morgan fingerprint density at radius 3 is 2.58 bits per heavy atom. The molecule has 1 fully saturated rings. The van der Waals surface area contributed by atoms with E-state index in [1.165, 1.54) is 0 Å². The van der Waals surface area contributed by atoms with Crippen LogP contribution in [0.3, 0.4) is 0 Å².